The van der Waals surface area contributed by atoms with Gasteiger partial charge in [0, 0.05) is 6.92 Å². The summed E-state index contributed by atoms with van der Waals surface area (Å²) >= 11 is 0. The number of rotatable bonds is 2. The van der Waals surface area contributed by atoms with Crippen LogP contribution in [0.2, 0.25) is 0 Å². The van der Waals surface area contributed by atoms with Crippen LogP contribution in [0.15, 0.2) is 24.3 Å². The minimum Gasteiger partial charge on any atom is -0.335 e. The van der Waals surface area contributed by atoms with Gasteiger partial charge in [-0.2, -0.15) is 0 Å². The lowest BCUT2D eigenvalue weighted by Gasteiger charge is -2.12. The third-order valence-electron chi connectivity index (χ3n) is 2.16. The molecule has 1 aromatic carbocycles. The van der Waals surface area contributed by atoms with Gasteiger partial charge in [-0.25, -0.2) is 4.68 Å². The van der Waals surface area contributed by atoms with Crippen LogP contribution in [0.5, 0.6) is 0 Å². The molecular weight excluding hydrogens is 192 g/mol. The first-order valence-corrected chi connectivity index (χ1v) is 4.75. The molecule has 1 aromatic heterocycles. The Labute approximate surface area is 87.1 Å². The molecule has 0 fully saturated rings. The monoisotopic (exact) mass is 204 g/mol. The van der Waals surface area contributed by atoms with Crippen LogP contribution >= 0.6 is 0 Å². The summed E-state index contributed by atoms with van der Waals surface area (Å²) < 4.78 is 1.69. The molecule has 0 spiro atoms. The maximum atomic E-state index is 10.9. The van der Waals surface area contributed by atoms with Gasteiger partial charge in [-0.1, -0.05) is 17.3 Å². The average molecular weight is 204 g/mol. The minimum atomic E-state index is -0.185. The van der Waals surface area contributed by atoms with Gasteiger partial charge < -0.3 is 5.32 Å². The minimum absolute atomic E-state index is 0.0814. The molecule has 1 N–H and O–H groups in total. The number of carbonyl (C=O) groups is 1. The maximum absolute atomic E-state index is 10.9. The third kappa shape index (κ3) is 1.81. The maximum Gasteiger partial charge on any atom is 0.218 e. The zero-order valence-corrected chi connectivity index (χ0v) is 8.64. The van der Waals surface area contributed by atoms with Gasteiger partial charge >= 0.3 is 0 Å². The first-order valence-electron chi connectivity index (χ1n) is 4.75. The van der Waals surface area contributed by atoms with E-state index in [1.807, 2.05) is 31.2 Å². The number of para-hydroxylation sites is 1. The predicted octanol–water partition coefficient (Wildman–Crippen LogP) is 1.09. The number of amides is 1. The number of carbonyl (C=O) groups excluding carboxylic acids is 1. The van der Waals surface area contributed by atoms with Gasteiger partial charge in [0.1, 0.15) is 11.7 Å². The van der Waals surface area contributed by atoms with Gasteiger partial charge in [-0.15, -0.1) is 5.10 Å². The van der Waals surface area contributed by atoms with Crippen molar-refractivity contribution in [2.45, 2.75) is 20.0 Å². The van der Waals surface area contributed by atoms with Gasteiger partial charge in [0.25, 0.3) is 0 Å². The van der Waals surface area contributed by atoms with E-state index in [2.05, 4.69) is 15.6 Å². The van der Waals surface area contributed by atoms with E-state index in [0.717, 1.165) is 11.0 Å². The van der Waals surface area contributed by atoms with E-state index in [1.54, 1.807) is 4.68 Å². The zero-order valence-electron chi connectivity index (χ0n) is 8.64. The number of nitrogens with zero attached hydrogens (tertiary/aromatic N) is 3. The van der Waals surface area contributed by atoms with Gasteiger partial charge in [0.05, 0.1) is 5.52 Å². The lowest BCUT2D eigenvalue weighted by molar-refractivity contribution is -0.120. The Morgan fingerprint density at radius 3 is 2.93 bits per heavy atom. The molecule has 0 bridgehead atoms. The topological polar surface area (TPSA) is 59.8 Å². The predicted molar refractivity (Wildman–Crippen MR) is 56.1 cm³/mol. The molecule has 0 radical (unpaired) electrons. The van der Waals surface area contributed by atoms with Gasteiger partial charge in [-0.3, -0.25) is 4.79 Å². The summed E-state index contributed by atoms with van der Waals surface area (Å²) in [6.07, 6.45) is -0.185. The van der Waals surface area contributed by atoms with E-state index in [-0.39, 0.29) is 12.1 Å². The average Bonchev–Trinajstić information content (AvgIpc) is 2.59. The summed E-state index contributed by atoms with van der Waals surface area (Å²) in [4.78, 5) is 10.9. The van der Waals surface area contributed by atoms with Gasteiger partial charge in [-0.05, 0) is 19.1 Å². The molecule has 1 unspecified atom stereocenters. The normalized spacial score (nSPS) is 12.7. The number of aromatic nitrogens is 3. The molecule has 5 heteroatoms. The fourth-order valence-electron chi connectivity index (χ4n) is 1.53. The third-order valence-corrected chi connectivity index (χ3v) is 2.16. The second-order valence-corrected chi connectivity index (χ2v) is 3.40. The molecule has 1 heterocycles. The van der Waals surface area contributed by atoms with Gasteiger partial charge in [0.15, 0.2) is 0 Å². The molecular formula is C10H12N4O. The van der Waals surface area contributed by atoms with Crippen LogP contribution < -0.4 is 5.32 Å². The Balaban J connectivity index is 2.39. The molecule has 0 saturated heterocycles. The highest BCUT2D eigenvalue weighted by Crippen LogP contribution is 2.13. The van der Waals surface area contributed by atoms with E-state index in [4.69, 9.17) is 0 Å². The Kier molecular flexibility index (Phi) is 2.37. The van der Waals surface area contributed by atoms with Crippen molar-refractivity contribution in [1.82, 2.24) is 20.3 Å². The summed E-state index contributed by atoms with van der Waals surface area (Å²) in [7, 11) is 0. The fourth-order valence-corrected chi connectivity index (χ4v) is 1.53. The number of benzene rings is 1. The number of fused-ring (bicyclic) bond motifs is 1. The second kappa shape index (κ2) is 3.68. The summed E-state index contributed by atoms with van der Waals surface area (Å²) in [6, 6.07) is 7.64. The van der Waals surface area contributed by atoms with E-state index in [9.17, 15) is 4.79 Å². The summed E-state index contributed by atoms with van der Waals surface area (Å²) in [5.74, 6) is -0.0814. The summed E-state index contributed by atoms with van der Waals surface area (Å²) in [5, 5.41) is 10.8. The van der Waals surface area contributed by atoms with Crippen LogP contribution in [0.25, 0.3) is 11.0 Å². The lowest BCUT2D eigenvalue weighted by atomic mass is 10.3. The van der Waals surface area contributed by atoms with Crippen LogP contribution in [0, 0.1) is 0 Å². The molecule has 0 aliphatic heterocycles. The quantitative estimate of drug-likeness (QED) is 0.796. The van der Waals surface area contributed by atoms with Crippen molar-refractivity contribution in [2.24, 2.45) is 0 Å². The standard InChI is InChI=1S/C10H12N4O/c1-7(11-8(2)15)14-10-6-4-3-5-9(10)12-13-14/h3-7H,1-2H3,(H,11,15). The molecule has 78 valence electrons. The van der Waals surface area contributed by atoms with Crippen LogP contribution in [0.3, 0.4) is 0 Å². The molecule has 1 amide bonds. The van der Waals surface area contributed by atoms with Crippen molar-refractivity contribution in [3.05, 3.63) is 24.3 Å². The lowest BCUT2D eigenvalue weighted by Crippen LogP contribution is -2.28. The van der Waals surface area contributed by atoms with Crippen LogP contribution in [-0.2, 0) is 4.79 Å². The molecule has 0 aliphatic rings. The molecule has 5 nitrogen and oxygen atoms in total. The van der Waals surface area contributed by atoms with Crippen molar-refractivity contribution in [3.8, 4) is 0 Å². The van der Waals surface area contributed by atoms with Crippen molar-refractivity contribution in [3.63, 3.8) is 0 Å². The van der Waals surface area contributed by atoms with Crippen molar-refractivity contribution in [1.29, 1.82) is 0 Å². The molecule has 2 rings (SSSR count). The number of hydrogen-bond acceptors (Lipinski definition) is 3. The molecule has 0 aliphatic carbocycles. The SMILES string of the molecule is CC(=O)NC(C)n1nnc2ccccc21. The Bertz CT molecular complexity index is 491. The molecule has 2 aromatic rings. The van der Waals surface area contributed by atoms with Crippen molar-refractivity contribution in [2.75, 3.05) is 0 Å². The van der Waals surface area contributed by atoms with Gasteiger partial charge in [0.2, 0.25) is 5.91 Å². The van der Waals surface area contributed by atoms with E-state index in [1.165, 1.54) is 6.92 Å². The number of hydrogen-bond donors (Lipinski definition) is 1. The van der Waals surface area contributed by atoms with Crippen LogP contribution in [-0.4, -0.2) is 20.9 Å². The fraction of sp³-hybridized carbons (Fsp3) is 0.300. The highest BCUT2D eigenvalue weighted by atomic mass is 16.1. The smallest absolute Gasteiger partial charge is 0.218 e. The summed E-state index contributed by atoms with van der Waals surface area (Å²) in [6.45, 7) is 3.35. The molecule has 0 saturated carbocycles. The van der Waals surface area contributed by atoms with Crippen LogP contribution in [0.4, 0.5) is 0 Å². The highest BCUT2D eigenvalue weighted by Gasteiger charge is 2.10. The first-order chi connectivity index (χ1) is 7.18. The van der Waals surface area contributed by atoms with E-state index >= 15 is 0 Å². The first kappa shape index (κ1) is 9.64. The highest BCUT2D eigenvalue weighted by molar-refractivity contribution is 5.75. The zero-order chi connectivity index (χ0) is 10.8. The number of nitrogens with one attached hydrogen (secondary N) is 1. The Morgan fingerprint density at radius 2 is 2.20 bits per heavy atom. The second-order valence-electron chi connectivity index (χ2n) is 3.40. The van der Waals surface area contributed by atoms with Crippen molar-refractivity contribution < 1.29 is 4.79 Å². The summed E-state index contributed by atoms with van der Waals surface area (Å²) in [5.41, 5.74) is 1.74. The molecule has 1 atom stereocenters. The van der Waals surface area contributed by atoms with Crippen molar-refractivity contribution >= 4 is 16.9 Å². The molecule has 15 heavy (non-hydrogen) atoms. The largest absolute Gasteiger partial charge is 0.335 e. The van der Waals surface area contributed by atoms with E-state index in [0.29, 0.717) is 0 Å². The Morgan fingerprint density at radius 1 is 1.47 bits per heavy atom. The van der Waals surface area contributed by atoms with E-state index < -0.39 is 0 Å². The van der Waals surface area contributed by atoms with Crippen LogP contribution in [0.1, 0.15) is 20.0 Å². The Hall–Kier alpha value is -1.91.